The zero-order chi connectivity index (χ0) is 27.7. The van der Waals surface area contributed by atoms with Crippen LogP contribution in [0.1, 0.15) is 37.5 Å². The number of carbonyl (C=O) groups excluding carboxylic acids is 2. The number of ether oxygens (including phenoxy) is 4. The van der Waals surface area contributed by atoms with Crippen molar-refractivity contribution < 1.29 is 28.5 Å². The van der Waals surface area contributed by atoms with E-state index in [2.05, 4.69) is 21.2 Å². The number of halogens is 1. The number of anilines is 1. The molecule has 4 rings (SSSR count). The summed E-state index contributed by atoms with van der Waals surface area (Å²) in [5.74, 6) is 0.689. The lowest BCUT2D eigenvalue weighted by Gasteiger charge is -2.34. The molecule has 3 aromatic rings. The summed E-state index contributed by atoms with van der Waals surface area (Å²) in [6.07, 6.45) is -0.765. The van der Waals surface area contributed by atoms with Crippen molar-refractivity contribution in [2.75, 3.05) is 26.2 Å². The monoisotopic (exact) mass is 582 g/mol. The number of carbonyl (C=O) groups is 2. The van der Waals surface area contributed by atoms with Gasteiger partial charge in [-0.15, -0.1) is 0 Å². The normalized spacial score (nSPS) is 16.6. The molecule has 0 saturated heterocycles. The first-order valence-electron chi connectivity index (χ1n) is 12.0. The van der Waals surface area contributed by atoms with Gasteiger partial charge < -0.3 is 23.8 Å². The molecule has 200 valence electrons. The third-order valence-corrected chi connectivity index (χ3v) is 6.67. The van der Waals surface area contributed by atoms with Gasteiger partial charge in [-0.3, -0.25) is 10.1 Å². The third-order valence-electron chi connectivity index (χ3n) is 6.18. The Balaban J connectivity index is 2.03. The highest BCUT2D eigenvalue weighted by molar-refractivity contribution is 9.10. The number of alkyl carbamates (subject to hydrolysis) is 1. The van der Waals surface area contributed by atoms with Gasteiger partial charge in [-0.05, 0) is 44.5 Å². The summed E-state index contributed by atoms with van der Waals surface area (Å²) >= 11 is 3.55. The van der Waals surface area contributed by atoms with Gasteiger partial charge in [0.2, 0.25) is 0 Å². The highest BCUT2D eigenvalue weighted by Crippen LogP contribution is 2.52. The Bertz CT molecular complexity index is 1330. The largest absolute Gasteiger partial charge is 0.496 e. The zero-order valence-corrected chi connectivity index (χ0v) is 23.8. The molecule has 2 amide bonds. The van der Waals surface area contributed by atoms with Crippen molar-refractivity contribution in [1.29, 1.82) is 0 Å². The molecule has 0 fully saturated rings. The lowest BCUT2D eigenvalue weighted by atomic mass is 9.82. The molecule has 8 nitrogen and oxygen atoms in total. The van der Waals surface area contributed by atoms with Gasteiger partial charge >= 0.3 is 6.09 Å². The van der Waals surface area contributed by atoms with Crippen LogP contribution in [0.2, 0.25) is 0 Å². The standard InChI is InChI=1S/C29H31BrN2O6/c1-28(2,3)38-27(34)31-29(25-23(36-5)15-20(35-4)16-24(25)37-6)21-14-19(30)12-13-22(21)32(26(29)33)17-18-10-8-7-9-11-18/h7-16H,17H2,1-6H3,(H,31,34). The minimum atomic E-state index is -1.74. The molecule has 1 N–H and O–H groups in total. The van der Waals surface area contributed by atoms with E-state index in [4.69, 9.17) is 18.9 Å². The molecular weight excluding hydrogens is 552 g/mol. The minimum Gasteiger partial charge on any atom is -0.496 e. The second kappa shape index (κ2) is 10.6. The Morgan fingerprint density at radius 1 is 0.947 bits per heavy atom. The van der Waals surface area contributed by atoms with Crippen LogP contribution < -0.4 is 24.4 Å². The SMILES string of the molecule is COc1cc(OC)c(C2(NC(=O)OC(C)(C)C)C(=O)N(Cc3ccccc3)c3ccc(Br)cc32)c(OC)c1. The molecule has 1 unspecified atom stereocenters. The fourth-order valence-corrected chi connectivity index (χ4v) is 5.01. The molecule has 1 atom stereocenters. The maximum Gasteiger partial charge on any atom is 0.409 e. The average molecular weight is 583 g/mol. The summed E-state index contributed by atoms with van der Waals surface area (Å²) in [4.78, 5) is 29.7. The average Bonchev–Trinajstić information content (AvgIpc) is 3.09. The Labute approximate surface area is 231 Å². The first kappa shape index (κ1) is 27.3. The van der Waals surface area contributed by atoms with E-state index in [-0.39, 0.29) is 12.5 Å². The van der Waals surface area contributed by atoms with Gasteiger partial charge in [-0.25, -0.2) is 4.79 Å². The van der Waals surface area contributed by atoms with Crippen LogP contribution in [-0.4, -0.2) is 38.9 Å². The van der Waals surface area contributed by atoms with Crippen LogP contribution in [0, 0.1) is 0 Å². The lowest BCUT2D eigenvalue weighted by Crippen LogP contribution is -2.55. The summed E-state index contributed by atoms with van der Waals surface area (Å²) in [6, 6.07) is 18.5. The summed E-state index contributed by atoms with van der Waals surface area (Å²) in [5, 5.41) is 2.93. The van der Waals surface area contributed by atoms with E-state index in [1.54, 1.807) is 37.8 Å². The maximum atomic E-state index is 14.7. The van der Waals surface area contributed by atoms with E-state index in [0.29, 0.717) is 34.1 Å². The van der Waals surface area contributed by atoms with Crippen LogP contribution >= 0.6 is 15.9 Å². The van der Waals surface area contributed by atoms with Crippen molar-refractivity contribution in [2.24, 2.45) is 0 Å². The predicted octanol–water partition coefficient (Wildman–Crippen LogP) is 5.79. The Hall–Kier alpha value is -3.72. The molecule has 1 aliphatic rings. The van der Waals surface area contributed by atoms with Crippen LogP contribution in [0.4, 0.5) is 10.5 Å². The van der Waals surface area contributed by atoms with Gasteiger partial charge in [0.1, 0.15) is 22.8 Å². The van der Waals surface area contributed by atoms with Crippen molar-refractivity contribution in [2.45, 2.75) is 38.5 Å². The van der Waals surface area contributed by atoms with Crippen LogP contribution in [0.5, 0.6) is 17.2 Å². The molecule has 1 heterocycles. The minimum absolute atomic E-state index is 0.285. The smallest absolute Gasteiger partial charge is 0.409 e. The van der Waals surface area contributed by atoms with Crippen LogP contribution in [-0.2, 0) is 21.6 Å². The van der Waals surface area contributed by atoms with Crippen molar-refractivity contribution >= 4 is 33.6 Å². The fraction of sp³-hybridized carbons (Fsp3) is 0.310. The third kappa shape index (κ3) is 5.03. The van der Waals surface area contributed by atoms with Gasteiger partial charge in [0.15, 0.2) is 5.54 Å². The van der Waals surface area contributed by atoms with Gasteiger partial charge in [-0.1, -0.05) is 46.3 Å². The molecule has 0 bridgehead atoms. The van der Waals surface area contributed by atoms with Gasteiger partial charge in [0.05, 0.1) is 39.1 Å². The number of hydrogen-bond donors (Lipinski definition) is 1. The second-order valence-corrected chi connectivity index (χ2v) is 10.7. The van der Waals surface area contributed by atoms with E-state index in [0.717, 1.165) is 10.0 Å². The molecule has 0 aromatic heterocycles. The number of hydrogen-bond acceptors (Lipinski definition) is 6. The van der Waals surface area contributed by atoms with Gasteiger partial charge in [-0.2, -0.15) is 0 Å². The van der Waals surface area contributed by atoms with Gasteiger partial charge in [0, 0.05) is 22.2 Å². The molecule has 1 aliphatic heterocycles. The fourth-order valence-electron chi connectivity index (χ4n) is 4.65. The van der Waals surface area contributed by atoms with E-state index < -0.39 is 17.2 Å². The predicted molar refractivity (Wildman–Crippen MR) is 148 cm³/mol. The quantitative estimate of drug-likeness (QED) is 0.379. The van der Waals surface area contributed by atoms with E-state index >= 15 is 0 Å². The van der Waals surface area contributed by atoms with E-state index in [1.807, 2.05) is 48.5 Å². The Kier molecular flexibility index (Phi) is 7.60. The molecule has 38 heavy (non-hydrogen) atoms. The number of nitrogens with zero attached hydrogens (tertiary/aromatic N) is 1. The number of nitrogens with one attached hydrogen (secondary N) is 1. The first-order valence-corrected chi connectivity index (χ1v) is 12.8. The van der Waals surface area contributed by atoms with Crippen LogP contribution in [0.3, 0.4) is 0 Å². The Morgan fingerprint density at radius 2 is 1.58 bits per heavy atom. The molecule has 0 radical (unpaired) electrons. The molecule has 0 aliphatic carbocycles. The van der Waals surface area contributed by atoms with Crippen molar-refractivity contribution in [1.82, 2.24) is 5.32 Å². The van der Waals surface area contributed by atoms with Gasteiger partial charge in [0.25, 0.3) is 5.91 Å². The summed E-state index contributed by atoms with van der Waals surface area (Å²) in [7, 11) is 4.50. The highest BCUT2D eigenvalue weighted by atomic mass is 79.9. The highest BCUT2D eigenvalue weighted by Gasteiger charge is 2.57. The lowest BCUT2D eigenvalue weighted by molar-refractivity contribution is -0.123. The molecule has 0 spiro atoms. The summed E-state index contributed by atoms with van der Waals surface area (Å²) in [5.41, 5.74) is -0.103. The van der Waals surface area contributed by atoms with E-state index in [1.165, 1.54) is 21.3 Å². The first-order chi connectivity index (χ1) is 18.0. The molecule has 0 saturated carbocycles. The maximum absolute atomic E-state index is 14.7. The van der Waals surface area contributed by atoms with E-state index in [9.17, 15) is 9.59 Å². The Morgan fingerprint density at radius 3 is 2.13 bits per heavy atom. The van der Waals surface area contributed by atoms with Crippen molar-refractivity contribution in [3.8, 4) is 17.2 Å². The number of amides is 2. The van der Waals surface area contributed by atoms with Crippen molar-refractivity contribution in [3.63, 3.8) is 0 Å². The summed E-state index contributed by atoms with van der Waals surface area (Å²) in [6.45, 7) is 5.57. The van der Waals surface area contributed by atoms with Crippen molar-refractivity contribution in [3.05, 3.63) is 81.8 Å². The number of rotatable bonds is 7. The summed E-state index contributed by atoms with van der Waals surface area (Å²) < 4.78 is 23.3. The zero-order valence-electron chi connectivity index (χ0n) is 22.3. The van der Waals surface area contributed by atoms with Crippen LogP contribution in [0.25, 0.3) is 0 Å². The topological polar surface area (TPSA) is 86.3 Å². The molecular formula is C29H31BrN2O6. The molecule has 9 heteroatoms. The second-order valence-electron chi connectivity index (χ2n) is 9.82. The van der Waals surface area contributed by atoms with Crippen LogP contribution in [0.15, 0.2) is 65.1 Å². The molecule has 3 aromatic carbocycles. The number of benzene rings is 3. The number of fused-ring (bicyclic) bond motifs is 1. The number of methoxy groups -OCH3 is 3.